The number of fused-ring (bicyclic) bond motifs is 2. The van der Waals surface area contributed by atoms with Crippen LogP contribution in [0.5, 0.6) is 17.2 Å². The highest BCUT2D eigenvalue weighted by Crippen LogP contribution is 2.40. The second kappa shape index (κ2) is 8.63. The summed E-state index contributed by atoms with van der Waals surface area (Å²) in [5.74, 6) is 0.989. The van der Waals surface area contributed by atoms with Crippen molar-refractivity contribution in [2.24, 2.45) is 0 Å². The van der Waals surface area contributed by atoms with E-state index in [9.17, 15) is 13.2 Å². The van der Waals surface area contributed by atoms with Gasteiger partial charge in [-0.2, -0.15) is 8.42 Å². The maximum absolute atomic E-state index is 13.1. The molecule has 178 valence electrons. The van der Waals surface area contributed by atoms with Gasteiger partial charge in [0.15, 0.2) is 5.76 Å². The van der Waals surface area contributed by atoms with E-state index >= 15 is 0 Å². The topological polar surface area (TPSA) is 83.8 Å². The Morgan fingerprint density at radius 1 is 1.06 bits per heavy atom. The van der Waals surface area contributed by atoms with Crippen LogP contribution < -0.4 is 13.7 Å². The lowest BCUT2D eigenvalue weighted by Gasteiger charge is -2.11. The minimum Gasteiger partial charge on any atom is -0.497 e. The Bertz CT molecular complexity index is 1600. The second-order valence-electron chi connectivity index (χ2n) is 8.11. The lowest BCUT2D eigenvalue weighted by atomic mass is 10.1. The number of hydrogen-bond donors (Lipinski definition) is 0. The molecule has 0 radical (unpaired) electrons. The predicted molar refractivity (Wildman–Crippen MR) is 133 cm³/mol. The Balaban J connectivity index is 1.51. The van der Waals surface area contributed by atoms with Crippen LogP contribution in [0, 0.1) is 6.92 Å². The molecule has 1 aliphatic heterocycles. The lowest BCUT2D eigenvalue weighted by Crippen LogP contribution is -2.10. The van der Waals surface area contributed by atoms with Gasteiger partial charge < -0.3 is 18.2 Å². The molecule has 0 bridgehead atoms. The summed E-state index contributed by atoms with van der Waals surface area (Å²) in [5.41, 5.74) is 2.62. The van der Waals surface area contributed by atoms with Crippen molar-refractivity contribution in [3.05, 3.63) is 89.3 Å². The van der Waals surface area contributed by atoms with Crippen molar-refractivity contribution in [1.29, 1.82) is 0 Å². The Hall–Kier alpha value is -4.04. The van der Waals surface area contributed by atoms with E-state index in [4.69, 9.17) is 13.7 Å². The van der Waals surface area contributed by atoms with E-state index in [0.29, 0.717) is 22.6 Å². The maximum atomic E-state index is 13.1. The number of ketones is 1. The summed E-state index contributed by atoms with van der Waals surface area (Å²) in [6.07, 6.45) is 3.67. The average Bonchev–Trinajstić information content (AvgIpc) is 3.38. The predicted octanol–water partition coefficient (Wildman–Crippen LogP) is 5.36. The van der Waals surface area contributed by atoms with E-state index in [2.05, 4.69) is 4.57 Å². The minimum atomic E-state index is -4.03. The fraction of sp³-hybridized carbons (Fsp3) is 0.148. The van der Waals surface area contributed by atoms with Gasteiger partial charge in [-0.1, -0.05) is 18.2 Å². The monoisotopic (exact) mass is 489 g/mol. The van der Waals surface area contributed by atoms with Crippen LogP contribution in [0.25, 0.3) is 17.0 Å². The third-order valence-corrected chi connectivity index (χ3v) is 7.26. The van der Waals surface area contributed by atoms with Crippen LogP contribution in [-0.2, 0) is 16.7 Å². The zero-order chi connectivity index (χ0) is 24.7. The molecule has 0 spiro atoms. The number of carbonyl (C=O) groups excluding carboxylic acids is 1. The fourth-order valence-electron chi connectivity index (χ4n) is 4.16. The number of carbonyl (C=O) groups is 1. The van der Waals surface area contributed by atoms with Gasteiger partial charge >= 0.3 is 10.1 Å². The number of allylic oxidation sites excluding steroid dienone is 1. The van der Waals surface area contributed by atoms with E-state index in [-0.39, 0.29) is 22.2 Å². The molecule has 35 heavy (non-hydrogen) atoms. The van der Waals surface area contributed by atoms with Gasteiger partial charge in [0.1, 0.15) is 22.1 Å². The Labute approximate surface area is 203 Å². The molecule has 1 aliphatic rings. The van der Waals surface area contributed by atoms with Crippen LogP contribution in [0.2, 0.25) is 0 Å². The highest BCUT2D eigenvalue weighted by Gasteiger charge is 2.31. The molecule has 0 saturated carbocycles. The Morgan fingerprint density at radius 2 is 1.83 bits per heavy atom. The molecule has 0 fully saturated rings. The molecule has 0 N–H and O–H groups in total. The molecular weight excluding hydrogens is 466 g/mol. The fourth-order valence-corrected chi connectivity index (χ4v) is 5.16. The highest BCUT2D eigenvalue weighted by molar-refractivity contribution is 7.87. The van der Waals surface area contributed by atoms with Crippen molar-refractivity contribution in [2.45, 2.75) is 25.3 Å². The molecular formula is C27H23NO6S. The van der Waals surface area contributed by atoms with E-state index in [1.54, 1.807) is 38.3 Å². The zero-order valence-corrected chi connectivity index (χ0v) is 20.3. The molecule has 5 rings (SSSR count). The third-order valence-electron chi connectivity index (χ3n) is 6.01. The molecule has 0 aliphatic carbocycles. The van der Waals surface area contributed by atoms with Crippen LogP contribution in [0.4, 0.5) is 0 Å². The maximum Gasteiger partial charge on any atom is 0.339 e. The van der Waals surface area contributed by atoms with E-state index in [1.165, 1.54) is 24.3 Å². The number of aromatic nitrogens is 1. The standard InChI is InChI=1S/C27H23NO6S/c1-4-28-16-18(22-15-19(32-3)10-12-23(22)28)14-25-26(29)21-11-13-24(17(2)27(21)33-25)34-35(30,31)20-8-6-5-7-9-20/h5-16H,4H2,1-3H3. The summed E-state index contributed by atoms with van der Waals surface area (Å²) >= 11 is 0. The summed E-state index contributed by atoms with van der Waals surface area (Å²) in [5, 5.41) is 0.931. The van der Waals surface area contributed by atoms with Crippen molar-refractivity contribution >= 4 is 32.9 Å². The van der Waals surface area contributed by atoms with Crippen molar-refractivity contribution in [2.75, 3.05) is 7.11 Å². The molecule has 2 heterocycles. The number of Topliss-reactive ketones (excluding diaryl/α,β-unsaturated/α-hetero) is 1. The van der Waals surface area contributed by atoms with Gasteiger partial charge in [-0.25, -0.2) is 0 Å². The molecule has 0 amide bonds. The van der Waals surface area contributed by atoms with Crippen LogP contribution in [-0.4, -0.2) is 25.9 Å². The first-order valence-corrected chi connectivity index (χ1v) is 12.5. The first kappa shape index (κ1) is 22.7. The Morgan fingerprint density at radius 3 is 2.54 bits per heavy atom. The molecule has 4 aromatic rings. The smallest absolute Gasteiger partial charge is 0.339 e. The zero-order valence-electron chi connectivity index (χ0n) is 19.4. The van der Waals surface area contributed by atoms with Gasteiger partial charge in [0.05, 0.1) is 12.7 Å². The van der Waals surface area contributed by atoms with Crippen LogP contribution in [0.1, 0.15) is 28.4 Å². The summed E-state index contributed by atoms with van der Waals surface area (Å²) in [7, 11) is -2.42. The van der Waals surface area contributed by atoms with Gasteiger partial charge in [0.2, 0.25) is 5.78 Å². The van der Waals surface area contributed by atoms with E-state index in [1.807, 2.05) is 31.3 Å². The molecule has 1 aromatic heterocycles. The molecule has 8 heteroatoms. The molecule has 7 nitrogen and oxygen atoms in total. The van der Waals surface area contributed by atoms with E-state index in [0.717, 1.165) is 23.0 Å². The summed E-state index contributed by atoms with van der Waals surface area (Å²) in [6.45, 7) is 4.47. The van der Waals surface area contributed by atoms with Crippen molar-refractivity contribution in [3.8, 4) is 17.2 Å². The number of nitrogens with zero attached hydrogens (tertiary/aromatic N) is 1. The first-order valence-electron chi connectivity index (χ1n) is 11.1. The summed E-state index contributed by atoms with van der Waals surface area (Å²) in [6, 6.07) is 16.7. The van der Waals surface area contributed by atoms with Crippen LogP contribution in [0.3, 0.4) is 0 Å². The SMILES string of the molecule is CCn1cc(C=C2Oc3c(ccc(OS(=O)(=O)c4ccccc4)c3C)C2=O)c2cc(OC)ccc21. The quantitative estimate of drug-likeness (QED) is 0.268. The first-order chi connectivity index (χ1) is 16.8. The van der Waals surface area contributed by atoms with Gasteiger partial charge in [-0.05, 0) is 62.4 Å². The lowest BCUT2D eigenvalue weighted by molar-refractivity contribution is 0.101. The van der Waals surface area contributed by atoms with Gasteiger partial charge in [-0.3, -0.25) is 4.79 Å². The number of benzene rings is 3. The molecule has 0 unspecified atom stereocenters. The van der Waals surface area contributed by atoms with Crippen LogP contribution in [0.15, 0.2) is 77.5 Å². The van der Waals surface area contributed by atoms with Crippen LogP contribution >= 0.6 is 0 Å². The van der Waals surface area contributed by atoms with Crippen molar-refractivity contribution in [1.82, 2.24) is 4.57 Å². The van der Waals surface area contributed by atoms with Gasteiger partial charge in [-0.15, -0.1) is 0 Å². The van der Waals surface area contributed by atoms with Gasteiger partial charge in [0.25, 0.3) is 0 Å². The average molecular weight is 490 g/mol. The number of methoxy groups -OCH3 is 1. The number of ether oxygens (including phenoxy) is 2. The molecule has 0 atom stereocenters. The molecule has 0 saturated heterocycles. The van der Waals surface area contributed by atoms with E-state index < -0.39 is 10.1 Å². The minimum absolute atomic E-state index is 0.0419. The summed E-state index contributed by atoms with van der Waals surface area (Å²) in [4.78, 5) is 13.2. The third kappa shape index (κ3) is 3.95. The largest absolute Gasteiger partial charge is 0.497 e. The highest BCUT2D eigenvalue weighted by atomic mass is 32.2. The second-order valence-corrected chi connectivity index (χ2v) is 9.66. The van der Waals surface area contributed by atoms with Crippen molar-refractivity contribution < 1.29 is 26.9 Å². The Kier molecular flexibility index (Phi) is 5.61. The number of hydrogen-bond acceptors (Lipinski definition) is 6. The summed E-state index contributed by atoms with van der Waals surface area (Å²) < 4.78 is 44.1. The normalized spacial score (nSPS) is 14.3. The molecule has 3 aromatic carbocycles. The van der Waals surface area contributed by atoms with Crippen molar-refractivity contribution in [3.63, 3.8) is 0 Å². The number of rotatable bonds is 6. The number of aryl methyl sites for hydroxylation is 1. The van der Waals surface area contributed by atoms with Gasteiger partial charge in [0, 0.05) is 34.8 Å².